The number of hydrogen-bond acceptors (Lipinski definition) is 4. The lowest BCUT2D eigenvalue weighted by atomic mass is 9.87. The average Bonchev–Trinajstić information content (AvgIpc) is 2.71. The van der Waals surface area contributed by atoms with Crippen molar-refractivity contribution in [3.05, 3.63) is 108 Å². The van der Waals surface area contributed by atoms with Gasteiger partial charge in [0.05, 0.1) is 6.42 Å². The van der Waals surface area contributed by atoms with Crippen LogP contribution in [0.2, 0.25) is 0 Å². The molecular formula is C26H24O4. The van der Waals surface area contributed by atoms with Gasteiger partial charge in [-0.05, 0) is 35.4 Å². The maximum absolute atomic E-state index is 12.2. The summed E-state index contributed by atoms with van der Waals surface area (Å²) >= 11 is 0. The fraction of sp³-hybridized carbons (Fsp3) is 0.154. The van der Waals surface area contributed by atoms with Crippen LogP contribution in [0.5, 0.6) is 0 Å². The van der Waals surface area contributed by atoms with Crippen LogP contribution in [0.3, 0.4) is 0 Å². The number of hydrogen-bond donors (Lipinski definition) is 0. The largest absolute Gasteiger partial charge is 0.428 e. The monoisotopic (exact) mass is 400 g/mol. The van der Waals surface area contributed by atoms with E-state index in [2.05, 4.69) is 0 Å². The van der Waals surface area contributed by atoms with Crippen molar-refractivity contribution in [3.8, 4) is 0 Å². The van der Waals surface area contributed by atoms with E-state index in [0.717, 1.165) is 11.1 Å². The molecule has 0 saturated heterocycles. The van der Waals surface area contributed by atoms with E-state index in [1.165, 1.54) is 12.2 Å². The minimum Gasteiger partial charge on any atom is -0.428 e. The maximum atomic E-state index is 12.2. The minimum atomic E-state index is -0.475. The molecule has 0 bridgehead atoms. The van der Waals surface area contributed by atoms with Gasteiger partial charge >= 0.3 is 11.9 Å². The van der Waals surface area contributed by atoms with Crippen LogP contribution in [0, 0.1) is 5.41 Å². The molecule has 0 amide bonds. The third kappa shape index (κ3) is 6.74. The highest BCUT2D eigenvalue weighted by atomic mass is 16.6. The van der Waals surface area contributed by atoms with Crippen molar-refractivity contribution in [1.29, 1.82) is 0 Å². The molecule has 0 unspecified atom stereocenters. The van der Waals surface area contributed by atoms with Gasteiger partial charge < -0.3 is 9.47 Å². The van der Waals surface area contributed by atoms with E-state index in [-0.39, 0.29) is 6.42 Å². The zero-order chi connectivity index (χ0) is 21.4. The molecule has 1 aliphatic carbocycles. The van der Waals surface area contributed by atoms with E-state index >= 15 is 0 Å². The van der Waals surface area contributed by atoms with Crippen molar-refractivity contribution in [3.63, 3.8) is 0 Å². The Hall–Kier alpha value is -3.66. The van der Waals surface area contributed by atoms with E-state index in [1.807, 2.05) is 86.7 Å². The fourth-order valence-electron chi connectivity index (χ4n) is 3.06. The number of esters is 2. The van der Waals surface area contributed by atoms with Crippen LogP contribution >= 0.6 is 0 Å². The van der Waals surface area contributed by atoms with Gasteiger partial charge in [0.1, 0.15) is 11.5 Å². The van der Waals surface area contributed by atoms with Crippen LogP contribution in [0.4, 0.5) is 0 Å². The molecule has 2 aromatic carbocycles. The van der Waals surface area contributed by atoms with E-state index in [1.54, 1.807) is 12.2 Å². The topological polar surface area (TPSA) is 52.6 Å². The van der Waals surface area contributed by atoms with Crippen molar-refractivity contribution in [1.82, 2.24) is 0 Å². The highest BCUT2D eigenvalue weighted by molar-refractivity contribution is 5.88. The van der Waals surface area contributed by atoms with Crippen LogP contribution in [0.15, 0.2) is 96.5 Å². The average molecular weight is 400 g/mol. The van der Waals surface area contributed by atoms with Gasteiger partial charge in [-0.15, -0.1) is 0 Å². The second-order valence-corrected chi connectivity index (χ2v) is 7.55. The quantitative estimate of drug-likeness (QED) is 0.461. The minimum absolute atomic E-state index is 0.235. The van der Waals surface area contributed by atoms with E-state index in [9.17, 15) is 9.59 Å². The standard InChI is InChI=1S/C26H24O4/c1-26(2)18-22(29-24(27)15-13-20-9-5-3-6-10-20)17-23(19-26)30-25(28)16-14-21-11-7-4-8-12-21/h3-16,18-19H,17H2,1-2H3/b15-13+,16-14+. The smallest absolute Gasteiger partial charge is 0.335 e. The van der Waals surface area contributed by atoms with Gasteiger partial charge in [0, 0.05) is 17.6 Å². The van der Waals surface area contributed by atoms with Crippen molar-refractivity contribution in [2.45, 2.75) is 20.3 Å². The molecule has 4 heteroatoms. The lowest BCUT2D eigenvalue weighted by Crippen LogP contribution is -2.16. The Kier molecular flexibility index (Phi) is 6.81. The second kappa shape index (κ2) is 9.70. The van der Waals surface area contributed by atoms with Crippen LogP contribution in [-0.2, 0) is 19.1 Å². The highest BCUT2D eigenvalue weighted by Gasteiger charge is 2.24. The third-order valence-electron chi connectivity index (χ3n) is 4.30. The summed E-state index contributed by atoms with van der Waals surface area (Å²) < 4.78 is 11.0. The molecular weight excluding hydrogens is 376 g/mol. The first-order valence-corrected chi connectivity index (χ1v) is 9.73. The number of allylic oxidation sites excluding steroid dienone is 2. The molecule has 0 atom stereocenters. The first-order valence-electron chi connectivity index (χ1n) is 9.73. The Balaban J connectivity index is 1.60. The summed E-state index contributed by atoms with van der Waals surface area (Å²) in [4.78, 5) is 24.4. The highest BCUT2D eigenvalue weighted by Crippen LogP contribution is 2.32. The molecule has 0 radical (unpaired) electrons. The van der Waals surface area contributed by atoms with Gasteiger partial charge in [0.15, 0.2) is 0 Å². The van der Waals surface area contributed by atoms with Gasteiger partial charge in [0.25, 0.3) is 0 Å². The molecule has 152 valence electrons. The summed E-state index contributed by atoms with van der Waals surface area (Å²) in [5.41, 5.74) is 1.41. The Morgan fingerprint density at radius 1 is 0.733 bits per heavy atom. The van der Waals surface area contributed by atoms with Crippen LogP contribution in [0.1, 0.15) is 31.4 Å². The zero-order valence-corrected chi connectivity index (χ0v) is 17.1. The summed E-state index contributed by atoms with van der Waals surface area (Å²) in [5.74, 6) is -0.0324. The Labute approximate surface area is 176 Å². The Morgan fingerprint density at radius 3 is 1.53 bits per heavy atom. The van der Waals surface area contributed by atoms with Gasteiger partial charge in [-0.25, -0.2) is 9.59 Å². The molecule has 1 aliphatic rings. The first-order chi connectivity index (χ1) is 14.4. The summed E-state index contributed by atoms with van der Waals surface area (Å²) in [6, 6.07) is 19.0. The molecule has 0 spiro atoms. The van der Waals surface area contributed by atoms with Crippen LogP contribution < -0.4 is 0 Å². The second-order valence-electron chi connectivity index (χ2n) is 7.55. The Bertz CT molecular complexity index is 928. The van der Waals surface area contributed by atoms with Gasteiger partial charge in [0.2, 0.25) is 0 Å². The predicted molar refractivity (Wildman–Crippen MR) is 118 cm³/mol. The fourth-order valence-corrected chi connectivity index (χ4v) is 3.06. The molecule has 0 aliphatic heterocycles. The lowest BCUT2D eigenvalue weighted by molar-refractivity contribution is -0.134. The predicted octanol–water partition coefficient (Wildman–Crippen LogP) is 5.70. The SMILES string of the molecule is CC1(C)C=C(OC(=O)/C=C/c2ccccc2)CC(OC(=O)/C=C/c2ccccc2)=C1. The summed E-state index contributed by atoms with van der Waals surface area (Å²) in [6.07, 6.45) is 10.1. The first kappa shape index (κ1) is 21.1. The summed E-state index contributed by atoms with van der Waals surface area (Å²) in [7, 11) is 0. The zero-order valence-electron chi connectivity index (χ0n) is 17.1. The number of carbonyl (C=O) groups is 2. The molecule has 30 heavy (non-hydrogen) atoms. The molecule has 4 nitrogen and oxygen atoms in total. The maximum Gasteiger partial charge on any atom is 0.335 e. The molecule has 0 heterocycles. The Morgan fingerprint density at radius 2 is 1.13 bits per heavy atom. The normalized spacial score (nSPS) is 15.5. The molecule has 0 saturated carbocycles. The molecule has 3 rings (SSSR count). The summed E-state index contributed by atoms with van der Waals surface area (Å²) in [5, 5.41) is 0. The number of carbonyl (C=O) groups excluding carboxylic acids is 2. The van der Waals surface area contributed by atoms with Crippen molar-refractivity contribution < 1.29 is 19.1 Å². The van der Waals surface area contributed by atoms with Crippen molar-refractivity contribution in [2.24, 2.45) is 5.41 Å². The van der Waals surface area contributed by atoms with E-state index in [0.29, 0.717) is 11.5 Å². The molecule has 0 N–H and O–H groups in total. The molecule has 0 fully saturated rings. The molecule has 2 aromatic rings. The number of benzene rings is 2. The van der Waals surface area contributed by atoms with Crippen molar-refractivity contribution >= 4 is 24.1 Å². The summed E-state index contributed by atoms with van der Waals surface area (Å²) in [6.45, 7) is 3.90. The number of rotatable bonds is 6. The molecule has 0 aromatic heterocycles. The van der Waals surface area contributed by atoms with Crippen LogP contribution in [0.25, 0.3) is 12.2 Å². The van der Waals surface area contributed by atoms with E-state index in [4.69, 9.17) is 9.47 Å². The van der Waals surface area contributed by atoms with E-state index < -0.39 is 17.4 Å². The van der Waals surface area contributed by atoms with Gasteiger partial charge in [-0.1, -0.05) is 74.5 Å². The lowest BCUT2D eigenvalue weighted by Gasteiger charge is -2.24. The van der Waals surface area contributed by atoms with Crippen LogP contribution in [-0.4, -0.2) is 11.9 Å². The number of ether oxygens (including phenoxy) is 2. The van der Waals surface area contributed by atoms with Crippen molar-refractivity contribution in [2.75, 3.05) is 0 Å². The van der Waals surface area contributed by atoms with Gasteiger partial charge in [-0.3, -0.25) is 0 Å². The van der Waals surface area contributed by atoms with Gasteiger partial charge in [-0.2, -0.15) is 0 Å². The third-order valence-corrected chi connectivity index (χ3v) is 4.30.